The molecule has 0 spiro atoms. The smallest absolute Gasteiger partial charge is 0.286 e. The van der Waals surface area contributed by atoms with E-state index in [-0.39, 0.29) is 43.0 Å². The Morgan fingerprint density at radius 2 is 2.32 bits per heavy atom. The van der Waals surface area contributed by atoms with Gasteiger partial charge in [0.25, 0.3) is 5.91 Å². The van der Waals surface area contributed by atoms with E-state index in [2.05, 4.69) is 10.6 Å². The lowest BCUT2D eigenvalue weighted by molar-refractivity contribution is -0.138. The number of nitrogens with one attached hydrogen (secondary N) is 2. The molecule has 1 fully saturated rings. The van der Waals surface area contributed by atoms with E-state index in [0.717, 1.165) is 0 Å². The zero-order chi connectivity index (χ0) is 13.7. The number of rotatable bonds is 4. The molecule has 1 aromatic heterocycles. The predicted octanol–water partition coefficient (Wildman–Crippen LogP) is -0.642. The number of carbonyl (C=O) groups is 3. The normalized spacial score (nSPS) is 14.9. The first-order valence-corrected chi connectivity index (χ1v) is 6.03. The fourth-order valence-electron chi connectivity index (χ4n) is 1.79. The van der Waals surface area contributed by atoms with Gasteiger partial charge in [-0.3, -0.25) is 14.4 Å². The molecule has 102 valence electrons. The van der Waals surface area contributed by atoms with Crippen LogP contribution in [-0.4, -0.2) is 48.8 Å². The molecule has 1 aliphatic rings. The van der Waals surface area contributed by atoms with E-state index in [4.69, 9.17) is 4.42 Å². The summed E-state index contributed by atoms with van der Waals surface area (Å²) < 4.78 is 4.92. The highest BCUT2D eigenvalue weighted by Gasteiger charge is 2.20. The van der Waals surface area contributed by atoms with Gasteiger partial charge in [0.2, 0.25) is 11.8 Å². The van der Waals surface area contributed by atoms with Gasteiger partial charge < -0.3 is 20.0 Å². The molecule has 7 nitrogen and oxygen atoms in total. The summed E-state index contributed by atoms with van der Waals surface area (Å²) >= 11 is 0. The molecule has 0 aliphatic carbocycles. The highest BCUT2D eigenvalue weighted by molar-refractivity contribution is 5.91. The number of piperazine rings is 1. The molecule has 0 unspecified atom stereocenters. The Hall–Kier alpha value is -2.31. The van der Waals surface area contributed by atoms with Crippen molar-refractivity contribution in [3.63, 3.8) is 0 Å². The molecule has 19 heavy (non-hydrogen) atoms. The quantitative estimate of drug-likeness (QED) is 0.757. The summed E-state index contributed by atoms with van der Waals surface area (Å²) in [5, 5.41) is 5.23. The molecule has 1 aliphatic heterocycles. The summed E-state index contributed by atoms with van der Waals surface area (Å²) in [5.74, 6) is -0.437. The first-order chi connectivity index (χ1) is 9.16. The second kappa shape index (κ2) is 6.03. The lowest BCUT2D eigenvalue weighted by atomic mass is 10.3. The van der Waals surface area contributed by atoms with E-state index in [0.29, 0.717) is 13.1 Å². The molecule has 3 amide bonds. The van der Waals surface area contributed by atoms with Gasteiger partial charge in [0, 0.05) is 26.1 Å². The predicted molar refractivity (Wildman–Crippen MR) is 65.2 cm³/mol. The van der Waals surface area contributed by atoms with Crippen LogP contribution in [0.25, 0.3) is 0 Å². The van der Waals surface area contributed by atoms with Crippen LogP contribution in [0.4, 0.5) is 0 Å². The summed E-state index contributed by atoms with van der Waals surface area (Å²) in [4.78, 5) is 35.9. The summed E-state index contributed by atoms with van der Waals surface area (Å²) in [5.41, 5.74) is 0. The van der Waals surface area contributed by atoms with Crippen molar-refractivity contribution in [2.24, 2.45) is 0 Å². The minimum Gasteiger partial charge on any atom is -0.459 e. The molecule has 0 bridgehead atoms. The number of hydrogen-bond acceptors (Lipinski definition) is 4. The molecule has 1 saturated heterocycles. The first-order valence-electron chi connectivity index (χ1n) is 6.03. The summed E-state index contributed by atoms with van der Waals surface area (Å²) in [6, 6.07) is 3.17. The van der Waals surface area contributed by atoms with Crippen molar-refractivity contribution in [3.05, 3.63) is 24.2 Å². The lowest BCUT2D eigenvalue weighted by Gasteiger charge is -2.26. The van der Waals surface area contributed by atoms with Gasteiger partial charge in [-0.05, 0) is 12.1 Å². The van der Waals surface area contributed by atoms with Gasteiger partial charge in [0.15, 0.2) is 5.76 Å². The molecule has 1 aromatic rings. The average molecular weight is 265 g/mol. The molecule has 2 heterocycles. The minimum absolute atomic E-state index is 0.0883. The first kappa shape index (κ1) is 13.1. The zero-order valence-electron chi connectivity index (χ0n) is 10.3. The number of nitrogens with zero attached hydrogens (tertiary/aromatic N) is 1. The molecular formula is C12H15N3O4. The summed E-state index contributed by atoms with van der Waals surface area (Å²) in [6.45, 7) is 1.29. The average Bonchev–Trinajstić information content (AvgIpc) is 2.92. The Labute approximate surface area is 109 Å². The number of furan rings is 1. The van der Waals surface area contributed by atoms with Crippen molar-refractivity contribution >= 4 is 17.7 Å². The van der Waals surface area contributed by atoms with E-state index >= 15 is 0 Å². The van der Waals surface area contributed by atoms with Gasteiger partial charge in [-0.1, -0.05) is 0 Å². The maximum Gasteiger partial charge on any atom is 0.286 e. The van der Waals surface area contributed by atoms with Gasteiger partial charge >= 0.3 is 0 Å². The molecular weight excluding hydrogens is 250 g/mol. The van der Waals surface area contributed by atoms with Crippen LogP contribution in [0.5, 0.6) is 0 Å². The number of amides is 3. The van der Waals surface area contributed by atoms with Crippen molar-refractivity contribution in [2.75, 3.05) is 26.2 Å². The second-order valence-corrected chi connectivity index (χ2v) is 4.15. The van der Waals surface area contributed by atoms with Gasteiger partial charge in [-0.2, -0.15) is 0 Å². The molecule has 7 heteroatoms. The van der Waals surface area contributed by atoms with Crippen LogP contribution in [0, 0.1) is 0 Å². The molecule has 2 N–H and O–H groups in total. The SMILES string of the molecule is O=C1CN(C(=O)CCNC(=O)c2ccco2)CCN1. The fourth-order valence-corrected chi connectivity index (χ4v) is 1.79. The third-order valence-electron chi connectivity index (χ3n) is 2.76. The van der Waals surface area contributed by atoms with Crippen molar-refractivity contribution in [1.29, 1.82) is 0 Å². The highest BCUT2D eigenvalue weighted by Crippen LogP contribution is 2.00. The molecule has 0 atom stereocenters. The summed E-state index contributed by atoms with van der Waals surface area (Å²) in [7, 11) is 0. The van der Waals surface area contributed by atoms with E-state index in [1.54, 1.807) is 12.1 Å². The third-order valence-corrected chi connectivity index (χ3v) is 2.76. The Bertz CT molecular complexity index is 469. The van der Waals surface area contributed by atoms with E-state index in [1.165, 1.54) is 11.2 Å². The topological polar surface area (TPSA) is 91.7 Å². The van der Waals surface area contributed by atoms with Crippen LogP contribution in [0.1, 0.15) is 17.0 Å². The second-order valence-electron chi connectivity index (χ2n) is 4.15. The van der Waals surface area contributed by atoms with E-state index < -0.39 is 0 Å². The standard InChI is InChI=1S/C12H15N3O4/c16-10-8-15(6-5-13-10)11(17)3-4-14-12(18)9-2-1-7-19-9/h1-2,7H,3-6,8H2,(H,13,16)(H,14,18). The lowest BCUT2D eigenvalue weighted by Crippen LogP contribution is -2.50. The Morgan fingerprint density at radius 3 is 3.00 bits per heavy atom. The maximum atomic E-state index is 11.8. The van der Waals surface area contributed by atoms with Crippen LogP contribution in [0.2, 0.25) is 0 Å². The monoisotopic (exact) mass is 265 g/mol. The molecule has 0 radical (unpaired) electrons. The van der Waals surface area contributed by atoms with Gasteiger partial charge in [0.05, 0.1) is 12.8 Å². The van der Waals surface area contributed by atoms with Crippen LogP contribution in [0.3, 0.4) is 0 Å². The van der Waals surface area contributed by atoms with E-state index in [9.17, 15) is 14.4 Å². The third kappa shape index (κ3) is 3.57. The minimum atomic E-state index is -0.353. The van der Waals surface area contributed by atoms with Gasteiger partial charge in [-0.25, -0.2) is 0 Å². The Morgan fingerprint density at radius 1 is 1.47 bits per heavy atom. The van der Waals surface area contributed by atoms with Crippen LogP contribution < -0.4 is 10.6 Å². The van der Waals surface area contributed by atoms with Crippen molar-refractivity contribution in [2.45, 2.75) is 6.42 Å². The maximum absolute atomic E-state index is 11.8. The summed E-state index contributed by atoms with van der Waals surface area (Å²) in [6.07, 6.45) is 1.58. The van der Waals surface area contributed by atoms with Gasteiger partial charge in [-0.15, -0.1) is 0 Å². The number of carbonyl (C=O) groups excluding carboxylic acids is 3. The molecule has 0 saturated carbocycles. The van der Waals surface area contributed by atoms with Crippen molar-refractivity contribution in [3.8, 4) is 0 Å². The van der Waals surface area contributed by atoms with Gasteiger partial charge in [0.1, 0.15) is 0 Å². The zero-order valence-corrected chi connectivity index (χ0v) is 10.3. The largest absolute Gasteiger partial charge is 0.459 e. The van der Waals surface area contributed by atoms with Crippen LogP contribution >= 0.6 is 0 Å². The molecule has 0 aromatic carbocycles. The Kier molecular flexibility index (Phi) is 4.17. The Balaban J connectivity index is 1.72. The number of hydrogen-bond donors (Lipinski definition) is 2. The van der Waals surface area contributed by atoms with Crippen LogP contribution in [-0.2, 0) is 9.59 Å². The molecule has 2 rings (SSSR count). The van der Waals surface area contributed by atoms with E-state index in [1.807, 2.05) is 0 Å². The van der Waals surface area contributed by atoms with Crippen LogP contribution in [0.15, 0.2) is 22.8 Å². The fraction of sp³-hybridized carbons (Fsp3) is 0.417. The highest BCUT2D eigenvalue weighted by atomic mass is 16.3. The van der Waals surface area contributed by atoms with Crippen molar-refractivity contribution in [1.82, 2.24) is 15.5 Å². The van der Waals surface area contributed by atoms with Crippen molar-refractivity contribution < 1.29 is 18.8 Å².